The number of esters is 1. The van der Waals surface area contributed by atoms with E-state index >= 15 is 4.79 Å². The SMILES string of the molecule is CC1(C(=O)O[C@@H]2O[C@H](CO)[C@@H](O)[C@H](O[C@@H]3O[C@H](CO)[C@H](O)[C@H](O)[C@H]3O)[C@H]2O[C@@H]2O[C@H](CO)[C@@H](O)[C@H](O)[C@H]2O)CCCC2(C)C3CCC4(O[C@@H]5O[C@H](CO)[C@@H](O)[C@H](O[C@@H]6O[C@H](CO)[C@H](O)[C@H](O)[C@H]6O)[C@H]5O[C@@H]5O[C@H](CO)[C@@H](O)[C@H](O)[C@H]5O)CC3(CCC12)CC4(C)O. The Kier molecular flexibility index (Phi) is 21.5. The van der Waals surface area contributed by atoms with E-state index in [1.807, 2.05) is 6.92 Å². The number of ether oxygens (including phenoxy) is 12. The number of hydrogen-bond acceptors (Lipinski definition) is 34. The van der Waals surface area contributed by atoms with Gasteiger partial charge < -0.3 is 164 Å². The Morgan fingerprint density at radius 1 is 0.389 bits per heavy atom. The van der Waals surface area contributed by atoms with Crippen molar-refractivity contribution in [2.75, 3.05) is 39.6 Å². The van der Waals surface area contributed by atoms with Gasteiger partial charge in [-0.1, -0.05) is 13.3 Å². The van der Waals surface area contributed by atoms with E-state index in [1.54, 1.807) is 13.8 Å². The van der Waals surface area contributed by atoms with Crippen LogP contribution in [0, 0.1) is 28.1 Å². The van der Waals surface area contributed by atoms with Crippen LogP contribution in [0.4, 0.5) is 0 Å². The molecule has 2 bridgehead atoms. The van der Waals surface area contributed by atoms with Gasteiger partial charge in [-0.3, -0.25) is 4.79 Å². The maximum Gasteiger partial charge on any atom is 0.314 e. The van der Waals surface area contributed by atoms with Crippen LogP contribution in [0.3, 0.4) is 0 Å². The molecule has 37 atom stereocenters. The lowest BCUT2D eigenvalue weighted by Crippen LogP contribution is -2.68. The molecule has 7 unspecified atom stereocenters. The molecule has 6 saturated heterocycles. The summed E-state index contributed by atoms with van der Waals surface area (Å²) in [5.74, 6) is -1.66. The highest BCUT2D eigenvalue weighted by atomic mass is 16.8. The van der Waals surface area contributed by atoms with E-state index in [0.29, 0.717) is 32.1 Å². The predicted octanol–water partition coefficient (Wildman–Crippen LogP) is -10.3. The maximum atomic E-state index is 15.4. The van der Waals surface area contributed by atoms with Gasteiger partial charge in [0.15, 0.2) is 37.6 Å². The van der Waals surface area contributed by atoms with Crippen LogP contribution in [0.25, 0.3) is 0 Å². The van der Waals surface area contributed by atoms with Crippen LogP contribution in [-0.4, -0.2) is 348 Å². The summed E-state index contributed by atoms with van der Waals surface area (Å²) >= 11 is 0. The van der Waals surface area contributed by atoms with Gasteiger partial charge in [-0.2, -0.15) is 0 Å². The molecule has 0 aromatic heterocycles. The van der Waals surface area contributed by atoms with Gasteiger partial charge in [0.05, 0.1) is 50.7 Å². The summed E-state index contributed by atoms with van der Waals surface area (Å²) in [7, 11) is 0. The number of carbonyl (C=O) groups excluding carboxylic acids is 1. The Labute approximate surface area is 515 Å². The van der Waals surface area contributed by atoms with Crippen molar-refractivity contribution in [2.45, 2.75) is 274 Å². The molecule has 1 spiro atoms. The summed E-state index contributed by atoms with van der Waals surface area (Å²) in [6, 6.07) is 0. The van der Waals surface area contributed by atoms with Crippen LogP contribution in [0.2, 0.25) is 0 Å². The molecule has 90 heavy (non-hydrogen) atoms. The van der Waals surface area contributed by atoms with Crippen LogP contribution >= 0.6 is 0 Å². The minimum atomic E-state index is -2.09. The van der Waals surface area contributed by atoms with Crippen LogP contribution in [0.1, 0.15) is 78.6 Å². The summed E-state index contributed by atoms with van der Waals surface area (Å²) in [4.78, 5) is 15.4. The zero-order chi connectivity index (χ0) is 65.6. The normalized spacial score (nSPS) is 55.6. The summed E-state index contributed by atoms with van der Waals surface area (Å²) in [5.41, 5.74) is -6.22. The van der Waals surface area contributed by atoms with Gasteiger partial charge in [-0.05, 0) is 87.9 Å². The first-order valence-corrected chi connectivity index (χ1v) is 30.8. The number of carbonyl (C=O) groups is 1. The molecule has 34 nitrogen and oxygen atoms in total. The lowest BCUT2D eigenvalue weighted by molar-refractivity contribution is -0.406. The van der Waals surface area contributed by atoms with E-state index < -0.39 is 263 Å². The van der Waals surface area contributed by atoms with E-state index in [2.05, 4.69) is 0 Å². The Morgan fingerprint density at radius 2 is 0.733 bits per heavy atom. The monoisotopic (exact) mass is 1310 g/mol. The molecule has 10 fully saturated rings. The Bertz CT molecular complexity index is 2400. The quantitative estimate of drug-likeness (QED) is 0.0448. The van der Waals surface area contributed by atoms with E-state index in [1.165, 1.54) is 0 Å². The summed E-state index contributed by atoms with van der Waals surface area (Å²) in [6.07, 6.45) is -53.9. The zero-order valence-corrected chi connectivity index (χ0v) is 49.8. The predicted molar refractivity (Wildman–Crippen MR) is 286 cm³/mol. The fourth-order valence-electron chi connectivity index (χ4n) is 16.9. The molecular weight excluding hydrogens is 1220 g/mol. The highest BCUT2D eigenvalue weighted by molar-refractivity contribution is 5.77. The smallest absolute Gasteiger partial charge is 0.314 e. The first-order chi connectivity index (χ1) is 42.4. The summed E-state index contributed by atoms with van der Waals surface area (Å²) < 4.78 is 72.7. The van der Waals surface area contributed by atoms with Crippen molar-refractivity contribution in [3.05, 3.63) is 0 Å². The van der Waals surface area contributed by atoms with Crippen molar-refractivity contribution in [2.24, 2.45) is 28.1 Å². The number of aliphatic hydroxyl groups excluding tert-OH is 20. The fraction of sp³-hybridized carbons (Fsp3) is 0.982. The number of rotatable bonds is 18. The molecule has 520 valence electrons. The minimum Gasteiger partial charge on any atom is -0.432 e. The number of fused-ring (bicyclic) bond motifs is 3. The Hall–Kier alpha value is -1.81. The second-order valence-electron chi connectivity index (χ2n) is 27.1. The van der Waals surface area contributed by atoms with Crippen molar-refractivity contribution in [1.29, 1.82) is 0 Å². The third kappa shape index (κ3) is 12.2. The van der Waals surface area contributed by atoms with E-state index in [9.17, 15) is 107 Å². The molecule has 0 amide bonds. The van der Waals surface area contributed by atoms with Gasteiger partial charge in [0.25, 0.3) is 0 Å². The van der Waals surface area contributed by atoms with E-state index in [-0.39, 0.29) is 31.6 Å². The molecule has 34 heteroatoms. The van der Waals surface area contributed by atoms with Gasteiger partial charge in [0.2, 0.25) is 6.29 Å². The average molecular weight is 1310 g/mol. The lowest BCUT2D eigenvalue weighted by atomic mass is 9.41. The molecule has 6 aliphatic heterocycles. The van der Waals surface area contributed by atoms with Gasteiger partial charge in [0, 0.05) is 0 Å². The zero-order valence-electron chi connectivity index (χ0n) is 49.8. The minimum absolute atomic E-state index is 0.0701. The molecule has 4 aliphatic carbocycles. The molecule has 21 N–H and O–H groups in total. The van der Waals surface area contributed by atoms with Gasteiger partial charge in [-0.15, -0.1) is 0 Å². The highest BCUT2D eigenvalue weighted by Gasteiger charge is 2.74. The first-order valence-electron chi connectivity index (χ1n) is 30.8. The topological polar surface area (TPSA) is 553 Å². The molecule has 4 saturated carbocycles. The van der Waals surface area contributed by atoms with Crippen LogP contribution < -0.4 is 0 Å². The summed E-state index contributed by atoms with van der Waals surface area (Å²) in [6.45, 7) is -0.131. The second-order valence-corrected chi connectivity index (χ2v) is 27.1. The van der Waals surface area contributed by atoms with Gasteiger partial charge in [-0.25, -0.2) is 0 Å². The average Bonchev–Trinajstić information content (AvgIpc) is 1.47. The van der Waals surface area contributed by atoms with Gasteiger partial charge >= 0.3 is 5.97 Å². The molecule has 0 aromatic rings. The second kappa shape index (κ2) is 27.2. The molecule has 0 aromatic carbocycles. The molecule has 10 rings (SSSR count). The largest absolute Gasteiger partial charge is 0.432 e. The highest BCUT2D eigenvalue weighted by Crippen LogP contribution is 2.74. The van der Waals surface area contributed by atoms with Crippen LogP contribution in [0.5, 0.6) is 0 Å². The van der Waals surface area contributed by atoms with Crippen molar-refractivity contribution in [1.82, 2.24) is 0 Å². The third-order valence-electron chi connectivity index (χ3n) is 21.8. The third-order valence-corrected chi connectivity index (χ3v) is 21.8. The van der Waals surface area contributed by atoms with Crippen LogP contribution in [0.15, 0.2) is 0 Å². The molecular formula is C56H92O34. The molecule has 6 heterocycles. The van der Waals surface area contributed by atoms with Crippen LogP contribution in [-0.2, 0) is 61.6 Å². The van der Waals surface area contributed by atoms with Crippen molar-refractivity contribution < 1.29 is 169 Å². The number of aliphatic hydroxyl groups is 21. The van der Waals surface area contributed by atoms with Crippen molar-refractivity contribution in [3.8, 4) is 0 Å². The Balaban J connectivity index is 0.932. The fourth-order valence-corrected chi connectivity index (χ4v) is 16.9. The Morgan fingerprint density at radius 3 is 1.13 bits per heavy atom. The molecule has 10 aliphatic rings. The van der Waals surface area contributed by atoms with E-state index in [4.69, 9.17) is 56.8 Å². The standard InChI is InChI=1S/C56H92O34/c1-52-7-4-8-53(2,51(77)89-49-43(87-47-39(75)35(71)29(65)21(13-59)81-47)41(31(67)23(15-61)83-49)85-45-37(73)33(69)27(63)19(11-57)79-45)25(52)5-9-55-17-54(3,78)56(18-55,10-6-26(52)55)90-50-44(88-48-40(76)36(72)30(66)22(14-60)82-48)42(32(68)24(16-62)84-50)86-46-38(74)34(70)28(64)20(12-58)80-46/h19-50,57-76,78H,4-18H2,1-3H3/t19-,20-,21-,22-,23-,24-,25?,26?,27+,28+,29-,30-,31-,32-,33+,34+,35+,36+,37-,38-,39-,40-,41+,42+,43-,44-,45+,46+,47+,48+,49+,50+,52?,53?,54?,55?,56?/m1/s1. The van der Waals surface area contributed by atoms with Crippen molar-refractivity contribution in [3.63, 3.8) is 0 Å². The first kappa shape index (κ1) is 71.0. The van der Waals surface area contributed by atoms with Gasteiger partial charge in [0.1, 0.15) is 146 Å². The van der Waals surface area contributed by atoms with Crippen molar-refractivity contribution >= 4 is 5.97 Å². The lowest BCUT2D eigenvalue weighted by Gasteiger charge is -2.64. The molecule has 0 radical (unpaired) electrons. The van der Waals surface area contributed by atoms with E-state index in [0.717, 1.165) is 0 Å². The number of hydrogen-bond donors (Lipinski definition) is 21. The maximum absolute atomic E-state index is 15.4. The summed E-state index contributed by atoms with van der Waals surface area (Å²) in [5, 5.41) is 228.